The van der Waals surface area contributed by atoms with Gasteiger partial charge in [-0.1, -0.05) is 27.7 Å². The standard InChI is InChI=1S/C17H30O3/c1-11-7-8-17(4,14(11)18)13-10-16(2,3)9-12(13)15(19-5)20-6/h11-13,15H,7-10H2,1-6H3/t11?,12-,13-,17+/m0/s1. The van der Waals surface area contributed by atoms with Gasteiger partial charge in [-0.25, -0.2) is 0 Å². The average Bonchev–Trinajstić information content (AvgIpc) is 2.84. The highest BCUT2D eigenvalue weighted by Crippen LogP contribution is 2.58. The third kappa shape index (κ3) is 2.55. The van der Waals surface area contributed by atoms with Crippen molar-refractivity contribution in [1.29, 1.82) is 0 Å². The second-order valence-electron chi connectivity index (χ2n) is 7.90. The lowest BCUT2D eigenvalue weighted by atomic mass is 9.69. The highest BCUT2D eigenvalue weighted by atomic mass is 16.7. The summed E-state index contributed by atoms with van der Waals surface area (Å²) in [4.78, 5) is 12.7. The Balaban J connectivity index is 2.30. The van der Waals surface area contributed by atoms with E-state index >= 15 is 0 Å². The van der Waals surface area contributed by atoms with Crippen LogP contribution in [-0.2, 0) is 14.3 Å². The maximum Gasteiger partial charge on any atom is 0.159 e. The fourth-order valence-corrected chi connectivity index (χ4v) is 4.74. The summed E-state index contributed by atoms with van der Waals surface area (Å²) < 4.78 is 11.1. The van der Waals surface area contributed by atoms with E-state index in [0.29, 0.717) is 17.6 Å². The molecule has 4 atom stereocenters. The first-order valence-corrected chi connectivity index (χ1v) is 7.85. The van der Waals surface area contributed by atoms with E-state index in [1.807, 2.05) is 0 Å². The lowest BCUT2D eigenvalue weighted by Gasteiger charge is -2.37. The smallest absolute Gasteiger partial charge is 0.159 e. The third-order valence-electron chi connectivity index (χ3n) is 5.82. The Bertz CT molecular complexity index is 372. The summed E-state index contributed by atoms with van der Waals surface area (Å²) in [5.74, 6) is 1.36. The number of Topliss-reactive ketones (excluding diaryl/α,β-unsaturated/α-hetero) is 1. The molecule has 2 rings (SSSR count). The van der Waals surface area contributed by atoms with Crippen LogP contribution in [0.4, 0.5) is 0 Å². The average molecular weight is 282 g/mol. The molecule has 2 aliphatic rings. The van der Waals surface area contributed by atoms with Gasteiger partial charge in [0, 0.05) is 31.5 Å². The lowest BCUT2D eigenvalue weighted by Crippen LogP contribution is -2.40. The van der Waals surface area contributed by atoms with Crippen LogP contribution in [-0.4, -0.2) is 26.3 Å². The number of ether oxygens (including phenoxy) is 2. The predicted molar refractivity (Wildman–Crippen MR) is 79.3 cm³/mol. The molecular formula is C17H30O3. The first-order valence-electron chi connectivity index (χ1n) is 7.85. The molecule has 0 heterocycles. The van der Waals surface area contributed by atoms with Crippen molar-refractivity contribution in [3.63, 3.8) is 0 Å². The number of rotatable bonds is 4. The van der Waals surface area contributed by atoms with E-state index in [1.54, 1.807) is 14.2 Å². The molecule has 0 spiro atoms. The van der Waals surface area contributed by atoms with Gasteiger partial charge < -0.3 is 9.47 Å². The highest BCUT2D eigenvalue weighted by molar-refractivity contribution is 5.88. The fraction of sp³-hybridized carbons (Fsp3) is 0.941. The topological polar surface area (TPSA) is 35.5 Å². The van der Waals surface area contributed by atoms with E-state index in [0.717, 1.165) is 25.7 Å². The minimum Gasteiger partial charge on any atom is -0.356 e. The van der Waals surface area contributed by atoms with Gasteiger partial charge in [-0.05, 0) is 37.0 Å². The summed E-state index contributed by atoms with van der Waals surface area (Å²) in [5.41, 5.74) is 0.0763. The van der Waals surface area contributed by atoms with E-state index in [1.165, 1.54) is 0 Å². The molecule has 0 saturated heterocycles. The second-order valence-corrected chi connectivity index (χ2v) is 7.90. The highest BCUT2D eigenvalue weighted by Gasteiger charge is 2.56. The molecule has 2 aliphatic carbocycles. The number of carbonyl (C=O) groups is 1. The van der Waals surface area contributed by atoms with Crippen molar-refractivity contribution < 1.29 is 14.3 Å². The number of carbonyl (C=O) groups excluding carboxylic acids is 1. The largest absolute Gasteiger partial charge is 0.356 e. The molecule has 0 bridgehead atoms. The summed E-state index contributed by atoms with van der Waals surface area (Å²) >= 11 is 0. The Labute approximate surface area is 123 Å². The molecule has 3 nitrogen and oxygen atoms in total. The maximum absolute atomic E-state index is 12.7. The van der Waals surface area contributed by atoms with Gasteiger partial charge in [0.2, 0.25) is 0 Å². The van der Waals surface area contributed by atoms with Gasteiger partial charge >= 0.3 is 0 Å². The van der Waals surface area contributed by atoms with E-state index in [2.05, 4.69) is 27.7 Å². The van der Waals surface area contributed by atoms with E-state index in [-0.39, 0.29) is 23.0 Å². The van der Waals surface area contributed by atoms with Gasteiger partial charge in [0.05, 0.1) is 0 Å². The second kappa shape index (κ2) is 5.42. The molecule has 1 unspecified atom stereocenters. The molecule has 0 aliphatic heterocycles. The van der Waals surface area contributed by atoms with Crippen LogP contribution in [0.5, 0.6) is 0 Å². The Kier molecular flexibility index (Phi) is 4.32. The lowest BCUT2D eigenvalue weighted by molar-refractivity contribution is -0.159. The van der Waals surface area contributed by atoms with Crippen molar-refractivity contribution in [2.45, 2.75) is 59.7 Å². The van der Waals surface area contributed by atoms with Crippen LogP contribution in [0.1, 0.15) is 53.4 Å². The molecule has 2 saturated carbocycles. The number of hydrogen-bond acceptors (Lipinski definition) is 3. The molecule has 0 N–H and O–H groups in total. The SMILES string of the molecule is COC(OC)[C@H]1CC(C)(C)C[C@@H]1[C@@]1(C)CCC(C)C1=O. The third-order valence-corrected chi connectivity index (χ3v) is 5.82. The van der Waals surface area contributed by atoms with Crippen molar-refractivity contribution in [3.05, 3.63) is 0 Å². The van der Waals surface area contributed by atoms with E-state index < -0.39 is 0 Å². The number of hydrogen-bond donors (Lipinski definition) is 0. The summed E-state index contributed by atoms with van der Waals surface area (Å²) in [6.45, 7) is 8.86. The van der Waals surface area contributed by atoms with Crippen LogP contribution in [0.2, 0.25) is 0 Å². The summed E-state index contributed by atoms with van der Waals surface area (Å²) in [5, 5.41) is 0. The van der Waals surface area contributed by atoms with Gasteiger partial charge in [0.1, 0.15) is 5.78 Å². The summed E-state index contributed by atoms with van der Waals surface area (Å²) in [7, 11) is 3.41. The number of ketones is 1. The zero-order valence-electron chi connectivity index (χ0n) is 13.9. The zero-order valence-corrected chi connectivity index (χ0v) is 13.9. The number of methoxy groups -OCH3 is 2. The predicted octanol–water partition coefficient (Wildman–Crippen LogP) is 3.66. The molecule has 0 aromatic rings. The van der Waals surface area contributed by atoms with Crippen LogP contribution in [0, 0.1) is 28.6 Å². The van der Waals surface area contributed by atoms with Crippen molar-refractivity contribution in [1.82, 2.24) is 0 Å². The molecule has 20 heavy (non-hydrogen) atoms. The first kappa shape index (κ1) is 16.0. The molecule has 116 valence electrons. The Morgan fingerprint density at radius 3 is 2.20 bits per heavy atom. The summed E-state index contributed by atoms with van der Waals surface area (Å²) in [6, 6.07) is 0. The van der Waals surface area contributed by atoms with Crippen LogP contribution in [0.15, 0.2) is 0 Å². The quantitative estimate of drug-likeness (QED) is 0.738. The minimum atomic E-state index is -0.192. The van der Waals surface area contributed by atoms with Crippen molar-refractivity contribution >= 4 is 5.78 Å². The normalized spacial score (nSPS) is 40.8. The van der Waals surface area contributed by atoms with Gasteiger partial charge in [-0.3, -0.25) is 4.79 Å². The summed E-state index contributed by atoms with van der Waals surface area (Å²) in [6.07, 6.45) is 4.02. The molecule has 0 amide bonds. The molecule has 0 radical (unpaired) electrons. The monoisotopic (exact) mass is 282 g/mol. The van der Waals surface area contributed by atoms with Crippen molar-refractivity contribution in [2.75, 3.05) is 14.2 Å². The Morgan fingerprint density at radius 2 is 1.75 bits per heavy atom. The van der Waals surface area contributed by atoms with Crippen molar-refractivity contribution in [3.8, 4) is 0 Å². The fourth-order valence-electron chi connectivity index (χ4n) is 4.74. The molecule has 2 fully saturated rings. The molecule has 0 aromatic heterocycles. The van der Waals surface area contributed by atoms with E-state index in [4.69, 9.17) is 9.47 Å². The minimum absolute atomic E-state index is 0.187. The van der Waals surface area contributed by atoms with Crippen molar-refractivity contribution in [2.24, 2.45) is 28.6 Å². The Hall–Kier alpha value is -0.410. The van der Waals surface area contributed by atoms with Crippen LogP contribution < -0.4 is 0 Å². The zero-order chi connectivity index (χ0) is 15.1. The molecule has 0 aromatic carbocycles. The van der Waals surface area contributed by atoms with Crippen LogP contribution >= 0.6 is 0 Å². The van der Waals surface area contributed by atoms with Crippen LogP contribution in [0.3, 0.4) is 0 Å². The van der Waals surface area contributed by atoms with Gasteiger partial charge in [-0.15, -0.1) is 0 Å². The van der Waals surface area contributed by atoms with Gasteiger partial charge in [0.25, 0.3) is 0 Å². The van der Waals surface area contributed by atoms with E-state index in [9.17, 15) is 4.79 Å². The Morgan fingerprint density at radius 1 is 1.15 bits per heavy atom. The van der Waals surface area contributed by atoms with Gasteiger partial charge in [0.15, 0.2) is 6.29 Å². The molecular weight excluding hydrogens is 252 g/mol. The van der Waals surface area contributed by atoms with Crippen LogP contribution in [0.25, 0.3) is 0 Å². The maximum atomic E-state index is 12.7. The first-order chi connectivity index (χ1) is 9.25. The molecule has 3 heteroatoms. The van der Waals surface area contributed by atoms with Gasteiger partial charge in [-0.2, -0.15) is 0 Å².